The predicted molar refractivity (Wildman–Crippen MR) is 68.2 cm³/mol. The first-order valence-corrected chi connectivity index (χ1v) is 6.51. The summed E-state index contributed by atoms with van der Waals surface area (Å²) >= 11 is 0. The smallest absolute Gasteiger partial charge is 0.254 e. The highest BCUT2D eigenvalue weighted by Gasteiger charge is 2.33. The van der Waals surface area contributed by atoms with Crippen LogP contribution in [-0.4, -0.2) is 33.4 Å². The summed E-state index contributed by atoms with van der Waals surface area (Å²) < 4.78 is 0. The van der Waals surface area contributed by atoms with Crippen molar-refractivity contribution < 1.29 is 9.90 Å². The molecule has 1 amide bonds. The van der Waals surface area contributed by atoms with Crippen molar-refractivity contribution >= 4 is 5.91 Å². The fourth-order valence-electron chi connectivity index (χ4n) is 2.71. The fourth-order valence-corrected chi connectivity index (χ4v) is 2.71. The van der Waals surface area contributed by atoms with Gasteiger partial charge in [-0.3, -0.25) is 9.89 Å². The van der Waals surface area contributed by atoms with Crippen molar-refractivity contribution in [2.24, 2.45) is 5.92 Å². The minimum Gasteiger partial charge on any atom is -0.388 e. The molecule has 1 aromatic rings. The highest BCUT2D eigenvalue weighted by atomic mass is 16.3. The molecule has 0 radical (unpaired) electrons. The Morgan fingerprint density at radius 3 is 3.11 bits per heavy atom. The van der Waals surface area contributed by atoms with Crippen LogP contribution in [0.2, 0.25) is 0 Å². The van der Waals surface area contributed by atoms with Crippen LogP contribution in [0.25, 0.3) is 0 Å². The zero-order chi connectivity index (χ0) is 13.2. The standard InChI is InChI=1S/C13H21N3O2/c1-9-4-3-5-13(18,6-9)8-14-12(17)11-7-15-16-10(11)2/h7,9,18H,3-6,8H2,1-2H3,(H,14,17)(H,15,16). The van der Waals surface area contributed by atoms with Gasteiger partial charge in [0.25, 0.3) is 5.91 Å². The second-order valence-corrected chi connectivity index (χ2v) is 5.52. The van der Waals surface area contributed by atoms with Crippen LogP contribution in [0.3, 0.4) is 0 Å². The van der Waals surface area contributed by atoms with Crippen LogP contribution in [0, 0.1) is 12.8 Å². The number of nitrogens with zero attached hydrogens (tertiary/aromatic N) is 1. The van der Waals surface area contributed by atoms with E-state index in [1.807, 2.05) is 0 Å². The summed E-state index contributed by atoms with van der Waals surface area (Å²) in [5.74, 6) is 0.351. The third kappa shape index (κ3) is 2.90. The largest absolute Gasteiger partial charge is 0.388 e. The normalized spacial score (nSPS) is 28.1. The molecule has 100 valence electrons. The molecule has 1 fully saturated rings. The number of carbonyl (C=O) groups is 1. The van der Waals surface area contributed by atoms with E-state index in [2.05, 4.69) is 22.4 Å². The van der Waals surface area contributed by atoms with Crippen molar-refractivity contribution in [3.63, 3.8) is 0 Å². The molecule has 0 saturated heterocycles. The zero-order valence-corrected chi connectivity index (χ0v) is 11.0. The lowest BCUT2D eigenvalue weighted by Gasteiger charge is -2.35. The van der Waals surface area contributed by atoms with Gasteiger partial charge in [0, 0.05) is 12.2 Å². The Bertz CT molecular complexity index is 430. The van der Waals surface area contributed by atoms with Crippen molar-refractivity contribution in [2.75, 3.05) is 6.54 Å². The Hall–Kier alpha value is -1.36. The van der Waals surface area contributed by atoms with E-state index in [0.29, 0.717) is 18.0 Å². The maximum Gasteiger partial charge on any atom is 0.254 e. The highest BCUT2D eigenvalue weighted by molar-refractivity contribution is 5.94. The zero-order valence-electron chi connectivity index (χ0n) is 11.0. The van der Waals surface area contributed by atoms with E-state index < -0.39 is 5.60 Å². The topological polar surface area (TPSA) is 78.0 Å². The number of aromatic amines is 1. The van der Waals surface area contributed by atoms with Crippen LogP contribution in [0.1, 0.15) is 48.7 Å². The van der Waals surface area contributed by atoms with Gasteiger partial charge in [-0.2, -0.15) is 5.10 Å². The summed E-state index contributed by atoms with van der Waals surface area (Å²) in [7, 11) is 0. The van der Waals surface area contributed by atoms with Gasteiger partial charge in [0.15, 0.2) is 0 Å². The third-order valence-electron chi connectivity index (χ3n) is 3.72. The lowest BCUT2D eigenvalue weighted by molar-refractivity contribution is -0.0109. The second kappa shape index (κ2) is 5.10. The number of H-pyrrole nitrogens is 1. The van der Waals surface area contributed by atoms with Crippen molar-refractivity contribution in [1.29, 1.82) is 0 Å². The molecule has 0 bridgehead atoms. The number of hydrogen-bond acceptors (Lipinski definition) is 3. The maximum atomic E-state index is 11.9. The highest BCUT2D eigenvalue weighted by Crippen LogP contribution is 2.31. The summed E-state index contributed by atoms with van der Waals surface area (Å²) in [6.07, 6.45) is 5.23. The number of aliphatic hydroxyl groups is 1. The van der Waals surface area contributed by atoms with Gasteiger partial charge in [-0.15, -0.1) is 0 Å². The number of amides is 1. The average Bonchev–Trinajstić information content (AvgIpc) is 2.72. The van der Waals surface area contributed by atoms with E-state index in [1.54, 1.807) is 6.92 Å². The molecule has 2 rings (SSSR count). The third-order valence-corrected chi connectivity index (χ3v) is 3.72. The first-order valence-electron chi connectivity index (χ1n) is 6.51. The van der Waals surface area contributed by atoms with E-state index in [4.69, 9.17) is 0 Å². The van der Waals surface area contributed by atoms with E-state index >= 15 is 0 Å². The summed E-state index contributed by atoms with van der Waals surface area (Å²) in [5, 5.41) is 19.8. The Morgan fingerprint density at radius 1 is 1.72 bits per heavy atom. The van der Waals surface area contributed by atoms with Crippen molar-refractivity contribution in [1.82, 2.24) is 15.5 Å². The minimum absolute atomic E-state index is 0.173. The van der Waals surface area contributed by atoms with Crippen molar-refractivity contribution in [3.05, 3.63) is 17.5 Å². The Balaban J connectivity index is 1.91. The molecule has 2 atom stereocenters. The van der Waals surface area contributed by atoms with Crippen LogP contribution < -0.4 is 5.32 Å². The number of hydrogen-bond donors (Lipinski definition) is 3. The summed E-state index contributed by atoms with van der Waals surface area (Å²) in [5.41, 5.74) is 0.546. The van der Waals surface area contributed by atoms with Crippen LogP contribution in [0.15, 0.2) is 6.20 Å². The van der Waals surface area contributed by atoms with E-state index in [1.165, 1.54) is 6.20 Å². The molecule has 1 heterocycles. The maximum absolute atomic E-state index is 11.9. The van der Waals surface area contributed by atoms with Gasteiger partial charge in [0.2, 0.25) is 0 Å². The molecule has 5 nitrogen and oxygen atoms in total. The Morgan fingerprint density at radius 2 is 2.50 bits per heavy atom. The van der Waals surface area contributed by atoms with Gasteiger partial charge in [-0.05, 0) is 25.7 Å². The second-order valence-electron chi connectivity index (χ2n) is 5.52. The molecular weight excluding hydrogens is 230 g/mol. The predicted octanol–water partition coefficient (Wildman–Crippen LogP) is 1.39. The van der Waals surface area contributed by atoms with Crippen molar-refractivity contribution in [3.8, 4) is 0 Å². The summed E-state index contributed by atoms with van der Waals surface area (Å²) in [6, 6.07) is 0. The van der Waals surface area contributed by atoms with Crippen LogP contribution in [-0.2, 0) is 0 Å². The molecular formula is C13H21N3O2. The van der Waals surface area contributed by atoms with E-state index in [-0.39, 0.29) is 5.91 Å². The van der Waals surface area contributed by atoms with E-state index in [9.17, 15) is 9.90 Å². The number of aryl methyl sites for hydroxylation is 1. The summed E-state index contributed by atoms with van der Waals surface area (Å²) in [4.78, 5) is 11.9. The van der Waals surface area contributed by atoms with Gasteiger partial charge < -0.3 is 10.4 Å². The quantitative estimate of drug-likeness (QED) is 0.759. The Labute approximate surface area is 107 Å². The first-order chi connectivity index (χ1) is 8.50. The molecule has 0 aliphatic heterocycles. The lowest BCUT2D eigenvalue weighted by Crippen LogP contribution is -2.45. The molecule has 1 saturated carbocycles. The van der Waals surface area contributed by atoms with Gasteiger partial charge in [0.05, 0.1) is 17.4 Å². The van der Waals surface area contributed by atoms with Crippen LogP contribution in [0.5, 0.6) is 0 Å². The summed E-state index contributed by atoms with van der Waals surface area (Å²) in [6.45, 7) is 4.27. The monoisotopic (exact) mass is 251 g/mol. The van der Waals surface area contributed by atoms with Crippen LogP contribution in [0.4, 0.5) is 0 Å². The Kier molecular flexibility index (Phi) is 3.71. The minimum atomic E-state index is -0.745. The van der Waals surface area contributed by atoms with Gasteiger partial charge >= 0.3 is 0 Å². The molecule has 3 N–H and O–H groups in total. The van der Waals surface area contributed by atoms with Gasteiger partial charge in [-0.25, -0.2) is 0 Å². The fraction of sp³-hybridized carbons (Fsp3) is 0.692. The molecule has 0 spiro atoms. The number of nitrogens with one attached hydrogen (secondary N) is 2. The molecule has 1 aromatic heterocycles. The molecule has 1 aliphatic carbocycles. The van der Waals surface area contributed by atoms with E-state index in [0.717, 1.165) is 31.4 Å². The molecule has 2 unspecified atom stereocenters. The molecule has 0 aromatic carbocycles. The first kappa shape index (κ1) is 13.1. The average molecular weight is 251 g/mol. The lowest BCUT2D eigenvalue weighted by atomic mass is 9.79. The van der Waals surface area contributed by atoms with Gasteiger partial charge in [-0.1, -0.05) is 19.8 Å². The number of carbonyl (C=O) groups excluding carboxylic acids is 1. The van der Waals surface area contributed by atoms with Crippen molar-refractivity contribution in [2.45, 2.75) is 45.1 Å². The number of aromatic nitrogens is 2. The van der Waals surface area contributed by atoms with Crippen LogP contribution >= 0.6 is 0 Å². The number of rotatable bonds is 3. The molecule has 1 aliphatic rings. The van der Waals surface area contributed by atoms with Gasteiger partial charge in [0.1, 0.15) is 0 Å². The molecule has 5 heteroatoms. The SMILES string of the molecule is Cc1[nH]ncc1C(=O)NCC1(O)CCCC(C)C1. The molecule has 18 heavy (non-hydrogen) atoms.